The van der Waals surface area contributed by atoms with Gasteiger partial charge in [-0.15, -0.1) is 0 Å². The van der Waals surface area contributed by atoms with Gasteiger partial charge in [-0.3, -0.25) is 9.69 Å². The van der Waals surface area contributed by atoms with Crippen LogP contribution in [-0.2, 0) is 6.54 Å². The molecule has 2 N–H and O–H groups in total. The second-order valence-corrected chi connectivity index (χ2v) is 10.4. The lowest BCUT2D eigenvalue weighted by Crippen LogP contribution is -2.49. The lowest BCUT2D eigenvalue weighted by Gasteiger charge is -2.37. The molecule has 1 aliphatic heterocycles. The van der Waals surface area contributed by atoms with Crippen LogP contribution in [0.5, 0.6) is 5.88 Å². The molecule has 39 heavy (non-hydrogen) atoms. The minimum Gasteiger partial charge on any atom is -0.472 e. The minimum absolute atomic E-state index is 0.00415. The van der Waals surface area contributed by atoms with Crippen molar-refractivity contribution in [3.8, 4) is 28.8 Å². The summed E-state index contributed by atoms with van der Waals surface area (Å²) in [6, 6.07) is 20.2. The zero-order chi connectivity index (χ0) is 27.9. The van der Waals surface area contributed by atoms with Crippen LogP contribution in [0.1, 0.15) is 42.3 Å². The zero-order valence-corrected chi connectivity index (χ0v) is 23.0. The number of likely N-dealkylation sites (N-methyl/N-ethyl adjacent to an activating group) is 1. The maximum absolute atomic E-state index is 13.5. The largest absolute Gasteiger partial charge is 0.472 e. The Labute approximate surface area is 231 Å². The monoisotopic (exact) mass is 527 g/mol. The summed E-state index contributed by atoms with van der Waals surface area (Å²) in [7, 11) is 2.06. The number of hydrogen-bond acceptors (Lipinski definition) is 6. The molecule has 0 fully saturated rings. The minimum atomic E-state index is -0.791. The van der Waals surface area contributed by atoms with Gasteiger partial charge in [0.1, 0.15) is 17.8 Å². The van der Waals surface area contributed by atoms with Crippen LogP contribution in [0.15, 0.2) is 66.9 Å². The van der Waals surface area contributed by atoms with Gasteiger partial charge >= 0.3 is 0 Å². The lowest BCUT2D eigenvalue weighted by molar-refractivity contribution is 0.0325. The van der Waals surface area contributed by atoms with E-state index in [2.05, 4.69) is 72.1 Å². The fourth-order valence-electron chi connectivity index (χ4n) is 4.69. The summed E-state index contributed by atoms with van der Waals surface area (Å²) < 4.78 is 6.39. The average Bonchev–Trinajstić information content (AvgIpc) is 2.94. The van der Waals surface area contributed by atoms with Crippen molar-refractivity contribution in [2.24, 2.45) is 5.92 Å². The van der Waals surface area contributed by atoms with Crippen LogP contribution in [0.3, 0.4) is 0 Å². The normalized spacial score (nSPS) is 18.7. The quantitative estimate of drug-likeness (QED) is 0.454. The summed E-state index contributed by atoms with van der Waals surface area (Å²) in [5, 5.41) is 19.4. The molecule has 3 aromatic rings. The fourth-order valence-corrected chi connectivity index (χ4v) is 4.69. The maximum atomic E-state index is 13.5. The summed E-state index contributed by atoms with van der Waals surface area (Å²) in [5.41, 5.74) is 4.40. The molecule has 4 atom stereocenters. The number of hydrogen-bond donors (Lipinski definition) is 2. The molecular weight excluding hydrogens is 490 g/mol. The van der Waals surface area contributed by atoms with E-state index in [4.69, 9.17) is 4.74 Å². The third-order valence-corrected chi connectivity index (χ3v) is 6.95. The Morgan fingerprint density at radius 1 is 1.13 bits per heavy atom. The van der Waals surface area contributed by atoms with Crippen molar-refractivity contribution in [3.63, 3.8) is 0 Å². The van der Waals surface area contributed by atoms with Crippen molar-refractivity contribution < 1.29 is 19.7 Å². The molecule has 0 aliphatic carbocycles. The number of aliphatic hydroxyl groups is 2. The highest BCUT2D eigenvalue weighted by Gasteiger charge is 2.34. The first-order chi connectivity index (χ1) is 18.7. The number of carbonyl (C=O) groups excluding carboxylic acids is 1. The Kier molecular flexibility index (Phi) is 9.36. The van der Waals surface area contributed by atoms with Gasteiger partial charge in [0.25, 0.3) is 5.91 Å². The smallest absolute Gasteiger partial charge is 0.259 e. The number of benzene rings is 2. The zero-order valence-electron chi connectivity index (χ0n) is 23.0. The van der Waals surface area contributed by atoms with Crippen molar-refractivity contribution in [1.82, 2.24) is 14.8 Å². The molecule has 1 amide bonds. The lowest BCUT2D eigenvalue weighted by atomic mass is 9.99. The SMILES string of the molecule is C[C@@H]1CN([C@@H](C)CO)C(=O)c2cc(C#C[C@@H](C)O)cnc2O[C@H]1CN(C)Cc1ccc(-c2ccccc2)cc1. The molecule has 2 aromatic carbocycles. The van der Waals surface area contributed by atoms with E-state index in [1.54, 1.807) is 24.1 Å². The van der Waals surface area contributed by atoms with Gasteiger partial charge in [-0.25, -0.2) is 4.98 Å². The predicted molar refractivity (Wildman–Crippen MR) is 152 cm³/mol. The molecule has 0 bridgehead atoms. The Morgan fingerprint density at radius 2 is 1.82 bits per heavy atom. The maximum Gasteiger partial charge on any atom is 0.259 e. The standard InChI is InChI=1S/C32H37N3O4/c1-22-18-35(23(2)21-36)32(38)29-16-26(11-10-24(3)37)17-33-31(29)39-30(22)20-34(4)19-25-12-14-28(15-13-25)27-8-6-5-7-9-27/h5-9,12-17,22-24,30,36-37H,18-21H2,1-4H3/t22-,23+,24-,30+/m1/s1. The van der Waals surface area contributed by atoms with Crippen molar-refractivity contribution in [2.45, 2.75) is 45.6 Å². The van der Waals surface area contributed by atoms with Crippen LogP contribution in [0.2, 0.25) is 0 Å². The molecule has 0 spiro atoms. The second-order valence-electron chi connectivity index (χ2n) is 10.4. The number of nitrogens with zero attached hydrogens (tertiary/aromatic N) is 3. The van der Waals surface area contributed by atoms with Crippen LogP contribution in [-0.4, -0.2) is 75.9 Å². The van der Waals surface area contributed by atoms with Gasteiger partial charge in [-0.1, -0.05) is 73.4 Å². The first-order valence-electron chi connectivity index (χ1n) is 13.4. The van der Waals surface area contributed by atoms with Crippen LogP contribution >= 0.6 is 0 Å². The molecule has 0 saturated heterocycles. The van der Waals surface area contributed by atoms with Gasteiger partial charge < -0.3 is 19.8 Å². The summed E-state index contributed by atoms with van der Waals surface area (Å²) in [5.74, 6) is 5.55. The Bertz CT molecular complexity index is 1310. The summed E-state index contributed by atoms with van der Waals surface area (Å²) in [4.78, 5) is 21.9. The highest BCUT2D eigenvalue weighted by Crippen LogP contribution is 2.28. The highest BCUT2D eigenvalue weighted by molar-refractivity contribution is 5.97. The fraction of sp³-hybridized carbons (Fsp3) is 0.375. The van der Waals surface area contributed by atoms with E-state index in [-0.39, 0.29) is 36.5 Å². The first-order valence-corrected chi connectivity index (χ1v) is 13.4. The van der Waals surface area contributed by atoms with E-state index >= 15 is 0 Å². The number of carbonyl (C=O) groups is 1. The topological polar surface area (TPSA) is 86.1 Å². The number of aromatic nitrogens is 1. The van der Waals surface area contributed by atoms with Crippen LogP contribution in [0.4, 0.5) is 0 Å². The Morgan fingerprint density at radius 3 is 2.49 bits per heavy atom. The number of fused-ring (bicyclic) bond motifs is 1. The van der Waals surface area contributed by atoms with E-state index in [9.17, 15) is 15.0 Å². The molecule has 1 aromatic heterocycles. The van der Waals surface area contributed by atoms with E-state index in [0.717, 1.165) is 6.54 Å². The van der Waals surface area contributed by atoms with E-state index in [1.807, 2.05) is 25.1 Å². The molecule has 4 rings (SSSR count). The molecule has 7 nitrogen and oxygen atoms in total. The second kappa shape index (κ2) is 12.9. The van der Waals surface area contributed by atoms with Crippen LogP contribution in [0, 0.1) is 17.8 Å². The number of aliphatic hydroxyl groups excluding tert-OH is 2. The van der Waals surface area contributed by atoms with Gasteiger partial charge in [-0.05, 0) is 43.7 Å². The molecule has 1 aliphatic rings. The van der Waals surface area contributed by atoms with Gasteiger partial charge in [-0.2, -0.15) is 0 Å². The molecule has 0 saturated carbocycles. The number of amides is 1. The molecule has 0 radical (unpaired) electrons. The van der Waals surface area contributed by atoms with Gasteiger partial charge in [0.15, 0.2) is 0 Å². The van der Waals surface area contributed by atoms with Gasteiger partial charge in [0.2, 0.25) is 5.88 Å². The third kappa shape index (κ3) is 7.24. The molecule has 204 valence electrons. The van der Waals surface area contributed by atoms with Crippen LogP contribution in [0.25, 0.3) is 11.1 Å². The Hall–Kier alpha value is -3.70. The number of rotatable bonds is 7. The molecule has 2 heterocycles. The molecule has 0 unspecified atom stereocenters. The number of ether oxygens (including phenoxy) is 1. The summed E-state index contributed by atoms with van der Waals surface area (Å²) >= 11 is 0. The van der Waals surface area contributed by atoms with Crippen molar-refractivity contribution in [2.75, 3.05) is 26.7 Å². The van der Waals surface area contributed by atoms with E-state index in [0.29, 0.717) is 24.2 Å². The molecule has 7 heteroatoms. The summed E-state index contributed by atoms with van der Waals surface area (Å²) in [6.07, 6.45) is 0.531. The highest BCUT2D eigenvalue weighted by atomic mass is 16.5. The van der Waals surface area contributed by atoms with Crippen molar-refractivity contribution >= 4 is 5.91 Å². The van der Waals surface area contributed by atoms with Crippen molar-refractivity contribution in [3.05, 3.63) is 83.6 Å². The van der Waals surface area contributed by atoms with Gasteiger partial charge in [0, 0.05) is 37.3 Å². The summed E-state index contributed by atoms with van der Waals surface area (Å²) in [6.45, 7) is 7.13. The Balaban J connectivity index is 1.54. The first kappa shape index (κ1) is 28.3. The van der Waals surface area contributed by atoms with Crippen LogP contribution < -0.4 is 4.74 Å². The third-order valence-electron chi connectivity index (χ3n) is 6.95. The van der Waals surface area contributed by atoms with E-state index < -0.39 is 6.10 Å². The number of pyridine rings is 1. The van der Waals surface area contributed by atoms with E-state index in [1.165, 1.54) is 16.7 Å². The van der Waals surface area contributed by atoms with Crippen molar-refractivity contribution in [1.29, 1.82) is 0 Å². The predicted octanol–water partition coefficient (Wildman–Crippen LogP) is 3.83. The molecular formula is C32H37N3O4. The average molecular weight is 528 g/mol. The van der Waals surface area contributed by atoms with Gasteiger partial charge in [0.05, 0.1) is 12.6 Å².